The molecule has 0 aromatic carbocycles. The molecule has 0 atom stereocenters. The minimum Gasteiger partial charge on any atom is -0.387 e. The normalized spacial score (nSPS) is 18.3. The third-order valence-corrected chi connectivity index (χ3v) is 3.26. The molecule has 0 aromatic heterocycles. The molecule has 0 unspecified atom stereocenters. The molecule has 18 heavy (non-hydrogen) atoms. The van der Waals surface area contributed by atoms with Gasteiger partial charge in [-0.1, -0.05) is 13.8 Å². The van der Waals surface area contributed by atoms with Crippen LogP contribution in [0.25, 0.3) is 0 Å². The zero-order valence-electron chi connectivity index (χ0n) is 11.3. The number of rotatable bonds is 6. The second-order valence-electron chi connectivity index (χ2n) is 5.24. The van der Waals surface area contributed by atoms with Gasteiger partial charge in [0.25, 0.3) is 0 Å². The van der Waals surface area contributed by atoms with E-state index in [1.165, 1.54) is 6.92 Å². The third kappa shape index (κ3) is 4.27. The molecular formula is C12H23N3O3. The highest BCUT2D eigenvalue weighted by atomic mass is 16.3. The molecule has 1 saturated heterocycles. The summed E-state index contributed by atoms with van der Waals surface area (Å²) in [6, 6.07) is 0. The number of carbonyl (C=O) groups is 2. The molecule has 1 heterocycles. The molecule has 0 aliphatic carbocycles. The van der Waals surface area contributed by atoms with Crippen LogP contribution < -0.4 is 10.6 Å². The second kappa shape index (κ2) is 6.15. The Morgan fingerprint density at radius 3 is 2.33 bits per heavy atom. The monoisotopic (exact) mass is 257 g/mol. The summed E-state index contributed by atoms with van der Waals surface area (Å²) in [5.41, 5.74) is -0.642. The molecule has 0 bridgehead atoms. The summed E-state index contributed by atoms with van der Waals surface area (Å²) < 4.78 is 0. The van der Waals surface area contributed by atoms with Crippen molar-refractivity contribution < 1.29 is 14.7 Å². The van der Waals surface area contributed by atoms with E-state index in [1.54, 1.807) is 0 Å². The van der Waals surface area contributed by atoms with Gasteiger partial charge in [-0.3, -0.25) is 14.5 Å². The molecule has 1 aliphatic heterocycles. The fourth-order valence-corrected chi connectivity index (χ4v) is 1.90. The number of aliphatic hydroxyl groups is 1. The topological polar surface area (TPSA) is 81.7 Å². The second-order valence-corrected chi connectivity index (χ2v) is 5.24. The highest BCUT2D eigenvalue weighted by Crippen LogP contribution is 2.27. The van der Waals surface area contributed by atoms with Crippen LogP contribution in [0.4, 0.5) is 0 Å². The van der Waals surface area contributed by atoms with E-state index in [4.69, 9.17) is 0 Å². The van der Waals surface area contributed by atoms with Crippen LogP contribution in [0.3, 0.4) is 0 Å². The number of hydrogen-bond donors (Lipinski definition) is 3. The lowest BCUT2D eigenvalue weighted by Gasteiger charge is -2.48. The van der Waals surface area contributed by atoms with Crippen molar-refractivity contribution in [2.45, 2.75) is 26.4 Å². The molecule has 0 radical (unpaired) electrons. The lowest BCUT2D eigenvalue weighted by molar-refractivity contribution is -0.142. The quantitative estimate of drug-likeness (QED) is 0.530. The Bertz CT molecular complexity index is 312. The van der Waals surface area contributed by atoms with Crippen molar-refractivity contribution in [2.24, 2.45) is 5.92 Å². The van der Waals surface area contributed by atoms with E-state index in [9.17, 15) is 14.7 Å². The van der Waals surface area contributed by atoms with Gasteiger partial charge in [0, 0.05) is 33.1 Å². The molecule has 1 fully saturated rings. The molecule has 0 aromatic rings. The Morgan fingerprint density at radius 1 is 1.28 bits per heavy atom. The van der Waals surface area contributed by atoms with E-state index in [1.807, 2.05) is 18.7 Å². The van der Waals surface area contributed by atoms with Gasteiger partial charge >= 0.3 is 0 Å². The first-order valence-corrected chi connectivity index (χ1v) is 6.29. The largest absolute Gasteiger partial charge is 0.387 e. The van der Waals surface area contributed by atoms with Crippen LogP contribution in [-0.4, -0.2) is 60.1 Å². The maximum atomic E-state index is 11.5. The highest BCUT2D eigenvalue weighted by molar-refractivity contribution is 5.78. The van der Waals surface area contributed by atoms with E-state index in [-0.39, 0.29) is 17.7 Å². The van der Waals surface area contributed by atoms with Crippen molar-refractivity contribution in [3.63, 3.8) is 0 Å². The lowest BCUT2D eigenvalue weighted by atomic mass is 9.83. The van der Waals surface area contributed by atoms with Crippen LogP contribution in [0.1, 0.15) is 20.8 Å². The van der Waals surface area contributed by atoms with Gasteiger partial charge in [0.2, 0.25) is 11.8 Å². The summed E-state index contributed by atoms with van der Waals surface area (Å²) in [5.74, 6) is 0.0247. The predicted octanol–water partition coefficient (Wildman–Crippen LogP) is -1.06. The van der Waals surface area contributed by atoms with Crippen molar-refractivity contribution in [1.29, 1.82) is 0 Å². The van der Waals surface area contributed by atoms with Crippen LogP contribution >= 0.6 is 0 Å². The standard InChI is InChI=1S/C12H23N3O3/c1-9(2)12(18)7-15(8-12)6-11(17)14-5-4-13-10(3)16/h9,18H,4-8H2,1-3H3,(H,13,16)(H,14,17). The zero-order valence-corrected chi connectivity index (χ0v) is 11.3. The van der Waals surface area contributed by atoms with E-state index in [2.05, 4.69) is 10.6 Å². The summed E-state index contributed by atoms with van der Waals surface area (Å²) in [6.45, 7) is 7.66. The number of β-amino-alcohol motifs (C(OH)–C–C–N with tert-alkyl or cyclic N) is 1. The fourth-order valence-electron chi connectivity index (χ4n) is 1.90. The third-order valence-electron chi connectivity index (χ3n) is 3.26. The summed E-state index contributed by atoms with van der Waals surface area (Å²) in [4.78, 5) is 24.0. The SMILES string of the molecule is CC(=O)NCCNC(=O)CN1CC(O)(C(C)C)C1. The molecule has 104 valence electrons. The number of carbonyl (C=O) groups excluding carboxylic acids is 2. The molecule has 0 saturated carbocycles. The summed E-state index contributed by atoms with van der Waals surface area (Å²) >= 11 is 0. The minimum atomic E-state index is -0.642. The Hall–Kier alpha value is -1.14. The smallest absolute Gasteiger partial charge is 0.234 e. The van der Waals surface area contributed by atoms with Gasteiger partial charge in [0.1, 0.15) is 0 Å². The van der Waals surface area contributed by atoms with Gasteiger partial charge in [0.15, 0.2) is 0 Å². The Morgan fingerprint density at radius 2 is 1.83 bits per heavy atom. The maximum Gasteiger partial charge on any atom is 0.234 e. The Balaban J connectivity index is 2.10. The van der Waals surface area contributed by atoms with Crippen LogP contribution in [0.15, 0.2) is 0 Å². The van der Waals surface area contributed by atoms with Crippen molar-refractivity contribution in [3.8, 4) is 0 Å². The molecule has 6 heteroatoms. The van der Waals surface area contributed by atoms with Crippen molar-refractivity contribution >= 4 is 11.8 Å². The lowest BCUT2D eigenvalue weighted by Crippen LogP contribution is -2.65. The Labute approximate surface area is 108 Å². The van der Waals surface area contributed by atoms with Gasteiger partial charge in [-0.05, 0) is 5.92 Å². The van der Waals surface area contributed by atoms with E-state index in [0.717, 1.165) is 0 Å². The van der Waals surface area contributed by atoms with Crippen LogP contribution in [0, 0.1) is 5.92 Å². The number of hydrogen-bond acceptors (Lipinski definition) is 4. The summed E-state index contributed by atoms with van der Waals surface area (Å²) in [7, 11) is 0. The molecule has 6 nitrogen and oxygen atoms in total. The fraction of sp³-hybridized carbons (Fsp3) is 0.833. The molecule has 0 spiro atoms. The van der Waals surface area contributed by atoms with Gasteiger partial charge in [0.05, 0.1) is 12.1 Å². The molecule has 1 aliphatic rings. The number of likely N-dealkylation sites (tertiary alicyclic amines) is 1. The van der Waals surface area contributed by atoms with Crippen molar-refractivity contribution in [3.05, 3.63) is 0 Å². The predicted molar refractivity (Wildman–Crippen MR) is 67.9 cm³/mol. The first-order chi connectivity index (χ1) is 8.33. The van der Waals surface area contributed by atoms with Gasteiger partial charge in [-0.2, -0.15) is 0 Å². The maximum absolute atomic E-state index is 11.5. The number of nitrogens with zero attached hydrogens (tertiary/aromatic N) is 1. The van der Waals surface area contributed by atoms with Crippen LogP contribution in [0.5, 0.6) is 0 Å². The highest BCUT2D eigenvalue weighted by Gasteiger charge is 2.43. The Kier molecular flexibility index (Phi) is 5.10. The average Bonchev–Trinajstić information content (AvgIpc) is 2.21. The van der Waals surface area contributed by atoms with Gasteiger partial charge in [-0.15, -0.1) is 0 Å². The van der Waals surface area contributed by atoms with Gasteiger partial charge in [-0.25, -0.2) is 0 Å². The molecule has 3 N–H and O–H groups in total. The summed E-state index contributed by atoms with van der Waals surface area (Å²) in [6.07, 6.45) is 0. The first kappa shape index (κ1) is 14.9. The number of amides is 2. The van der Waals surface area contributed by atoms with E-state index < -0.39 is 5.60 Å². The molecular weight excluding hydrogens is 234 g/mol. The minimum absolute atomic E-state index is 0.0776. The van der Waals surface area contributed by atoms with Crippen molar-refractivity contribution in [2.75, 3.05) is 32.7 Å². The molecule has 2 amide bonds. The van der Waals surface area contributed by atoms with Crippen LogP contribution in [-0.2, 0) is 9.59 Å². The van der Waals surface area contributed by atoms with Crippen LogP contribution in [0.2, 0.25) is 0 Å². The number of nitrogens with one attached hydrogen (secondary N) is 2. The summed E-state index contributed by atoms with van der Waals surface area (Å²) in [5, 5.41) is 15.3. The molecule has 1 rings (SSSR count). The first-order valence-electron chi connectivity index (χ1n) is 6.29. The average molecular weight is 257 g/mol. The van der Waals surface area contributed by atoms with Crippen molar-refractivity contribution in [1.82, 2.24) is 15.5 Å². The zero-order chi connectivity index (χ0) is 13.8. The van der Waals surface area contributed by atoms with E-state index >= 15 is 0 Å². The van der Waals surface area contributed by atoms with E-state index in [0.29, 0.717) is 32.7 Å². The van der Waals surface area contributed by atoms with Gasteiger partial charge < -0.3 is 15.7 Å².